The van der Waals surface area contributed by atoms with E-state index >= 15 is 0 Å². The number of sulfonamides is 1. The number of nitrogens with zero attached hydrogens (tertiary/aromatic N) is 3. The van der Waals surface area contributed by atoms with E-state index in [1.807, 2.05) is 11.5 Å². The van der Waals surface area contributed by atoms with Gasteiger partial charge in [0.1, 0.15) is 10.7 Å². The minimum atomic E-state index is -3.57. The van der Waals surface area contributed by atoms with Gasteiger partial charge < -0.3 is 9.88 Å². The number of nitrogens with one attached hydrogen (secondary N) is 2. The van der Waals surface area contributed by atoms with Gasteiger partial charge in [0.2, 0.25) is 10.0 Å². The molecule has 8 heteroatoms. The van der Waals surface area contributed by atoms with Crippen LogP contribution in [0.2, 0.25) is 0 Å². The molecule has 0 aliphatic rings. The van der Waals surface area contributed by atoms with E-state index in [0.717, 1.165) is 6.54 Å². The maximum Gasteiger partial charge on any atom is 0.242 e. The largest absolute Gasteiger partial charge is 0.370 e. The molecule has 0 amide bonds. The SMILES string of the molecule is CCNc1ccc(S(=O)(=O)NC(C)Cn2ccnc2)cn1. The quantitative estimate of drug-likeness (QED) is 0.799. The number of hydrogen-bond donors (Lipinski definition) is 2. The summed E-state index contributed by atoms with van der Waals surface area (Å²) >= 11 is 0. The molecule has 2 rings (SSSR count). The fourth-order valence-electron chi connectivity index (χ4n) is 1.91. The van der Waals surface area contributed by atoms with Gasteiger partial charge >= 0.3 is 0 Å². The highest BCUT2D eigenvalue weighted by Gasteiger charge is 2.17. The third-order valence-corrected chi connectivity index (χ3v) is 4.38. The Bertz CT molecular complexity index is 652. The second kappa shape index (κ2) is 6.68. The minimum Gasteiger partial charge on any atom is -0.370 e. The van der Waals surface area contributed by atoms with Crippen molar-refractivity contribution in [3.05, 3.63) is 37.1 Å². The van der Waals surface area contributed by atoms with E-state index in [1.165, 1.54) is 12.3 Å². The Hall–Kier alpha value is -1.93. The Morgan fingerprint density at radius 3 is 2.76 bits per heavy atom. The topological polar surface area (TPSA) is 88.9 Å². The van der Waals surface area contributed by atoms with Gasteiger partial charge in [0, 0.05) is 37.7 Å². The zero-order valence-corrected chi connectivity index (χ0v) is 12.8. The molecule has 0 radical (unpaired) electrons. The van der Waals surface area contributed by atoms with Gasteiger partial charge in [-0.15, -0.1) is 0 Å². The molecule has 21 heavy (non-hydrogen) atoms. The van der Waals surface area contributed by atoms with Gasteiger partial charge in [-0.25, -0.2) is 23.1 Å². The summed E-state index contributed by atoms with van der Waals surface area (Å²) in [6.45, 7) is 5.01. The lowest BCUT2D eigenvalue weighted by atomic mass is 10.4. The first kappa shape index (κ1) is 15.5. The van der Waals surface area contributed by atoms with E-state index in [0.29, 0.717) is 12.4 Å². The summed E-state index contributed by atoms with van der Waals surface area (Å²) in [5.74, 6) is 0.655. The van der Waals surface area contributed by atoms with E-state index in [1.54, 1.807) is 31.7 Å². The summed E-state index contributed by atoms with van der Waals surface area (Å²) in [6.07, 6.45) is 6.45. The van der Waals surface area contributed by atoms with Gasteiger partial charge in [-0.1, -0.05) is 0 Å². The van der Waals surface area contributed by atoms with Crippen LogP contribution in [0.25, 0.3) is 0 Å². The molecule has 114 valence electrons. The average molecular weight is 309 g/mol. The highest BCUT2D eigenvalue weighted by atomic mass is 32.2. The number of imidazole rings is 1. The zero-order chi connectivity index (χ0) is 15.3. The standard InChI is InChI=1S/C13H19N5O2S/c1-3-15-13-5-4-12(8-16-13)21(19,20)17-11(2)9-18-7-6-14-10-18/h4-8,10-11,17H,3,9H2,1-2H3,(H,15,16). The van der Waals surface area contributed by atoms with Crippen LogP contribution in [0.15, 0.2) is 41.9 Å². The molecule has 2 aromatic rings. The van der Waals surface area contributed by atoms with Crippen LogP contribution in [0.1, 0.15) is 13.8 Å². The molecule has 0 bridgehead atoms. The van der Waals surface area contributed by atoms with Crippen LogP contribution in [0.4, 0.5) is 5.82 Å². The number of aromatic nitrogens is 3. The number of pyridine rings is 1. The molecule has 0 spiro atoms. The normalized spacial score (nSPS) is 13.0. The maximum atomic E-state index is 12.2. The summed E-state index contributed by atoms with van der Waals surface area (Å²) in [5.41, 5.74) is 0. The first-order valence-corrected chi connectivity index (χ1v) is 8.17. The second-order valence-corrected chi connectivity index (χ2v) is 6.41. The van der Waals surface area contributed by atoms with Gasteiger partial charge in [-0.3, -0.25) is 0 Å². The predicted octanol–water partition coefficient (Wildman–Crippen LogP) is 1.08. The van der Waals surface area contributed by atoms with Crippen LogP contribution in [0.3, 0.4) is 0 Å². The monoisotopic (exact) mass is 309 g/mol. The van der Waals surface area contributed by atoms with Crippen molar-refractivity contribution in [3.63, 3.8) is 0 Å². The Labute approximate surface area is 124 Å². The molecule has 0 saturated heterocycles. The van der Waals surface area contributed by atoms with Crippen molar-refractivity contribution in [2.24, 2.45) is 0 Å². The van der Waals surface area contributed by atoms with E-state index in [2.05, 4.69) is 20.0 Å². The minimum absolute atomic E-state index is 0.154. The molecule has 0 aromatic carbocycles. The summed E-state index contributed by atoms with van der Waals surface area (Å²) < 4.78 is 28.9. The third-order valence-electron chi connectivity index (χ3n) is 2.80. The average Bonchev–Trinajstić information content (AvgIpc) is 2.92. The molecular formula is C13H19N5O2S. The van der Waals surface area contributed by atoms with Crippen molar-refractivity contribution >= 4 is 15.8 Å². The van der Waals surface area contributed by atoms with E-state index < -0.39 is 10.0 Å². The lowest BCUT2D eigenvalue weighted by Gasteiger charge is -2.14. The first-order valence-electron chi connectivity index (χ1n) is 6.69. The number of anilines is 1. The van der Waals surface area contributed by atoms with Crippen LogP contribution in [-0.2, 0) is 16.6 Å². The van der Waals surface area contributed by atoms with Crippen molar-refractivity contribution in [3.8, 4) is 0 Å². The van der Waals surface area contributed by atoms with E-state index in [9.17, 15) is 8.42 Å². The highest BCUT2D eigenvalue weighted by Crippen LogP contribution is 2.11. The number of hydrogen-bond acceptors (Lipinski definition) is 5. The van der Waals surface area contributed by atoms with Gasteiger partial charge in [-0.2, -0.15) is 0 Å². The molecule has 0 aliphatic heterocycles. The van der Waals surface area contributed by atoms with Gasteiger partial charge in [0.25, 0.3) is 0 Å². The highest BCUT2D eigenvalue weighted by molar-refractivity contribution is 7.89. The molecule has 7 nitrogen and oxygen atoms in total. The Morgan fingerprint density at radius 1 is 1.38 bits per heavy atom. The fraction of sp³-hybridized carbons (Fsp3) is 0.385. The summed E-state index contributed by atoms with van der Waals surface area (Å²) in [6, 6.07) is 2.94. The Morgan fingerprint density at radius 2 is 2.19 bits per heavy atom. The van der Waals surface area contributed by atoms with Crippen molar-refractivity contribution in [1.82, 2.24) is 19.3 Å². The Balaban J connectivity index is 2.03. The van der Waals surface area contributed by atoms with E-state index in [-0.39, 0.29) is 10.9 Å². The third kappa shape index (κ3) is 4.27. The maximum absolute atomic E-state index is 12.2. The molecule has 0 aliphatic carbocycles. The molecule has 0 saturated carbocycles. The van der Waals surface area contributed by atoms with Crippen LogP contribution < -0.4 is 10.0 Å². The molecule has 1 unspecified atom stereocenters. The van der Waals surface area contributed by atoms with Crippen LogP contribution in [0, 0.1) is 0 Å². The van der Waals surface area contributed by atoms with Gasteiger partial charge in [0.05, 0.1) is 6.33 Å². The molecule has 0 fully saturated rings. The van der Waals surface area contributed by atoms with Crippen LogP contribution in [0.5, 0.6) is 0 Å². The lowest BCUT2D eigenvalue weighted by molar-refractivity contribution is 0.520. The summed E-state index contributed by atoms with van der Waals surface area (Å²) in [5, 5.41) is 3.02. The first-order chi connectivity index (χ1) is 10.0. The fourth-order valence-corrected chi connectivity index (χ4v) is 3.09. The van der Waals surface area contributed by atoms with Crippen molar-refractivity contribution in [2.75, 3.05) is 11.9 Å². The predicted molar refractivity (Wildman–Crippen MR) is 80.4 cm³/mol. The molecule has 2 heterocycles. The van der Waals surface area contributed by atoms with Crippen molar-refractivity contribution < 1.29 is 8.42 Å². The molecule has 1 atom stereocenters. The zero-order valence-electron chi connectivity index (χ0n) is 12.0. The van der Waals surface area contributed by atoms with Crippen LogP contribution >= 0.6 is 0 Å². The summed E-state index contributed by atoms with van der Waals surface area (Å²) in [4.78, 5) is 8.15. The van der Waals surface area contributed by atoms with Gasteiger partial charge in [-0.05, 0) is 26.0 Å². The Kier molecular flexibility index (Phi) is 4.92. The van der Waals surface area contributed by atoms with Crippen molar-refractivity contribution in [2.45, 2.75) is 31.3 Å². The summed E-state index contributed by atoms with van der Waals surface area (Å²) in [7, 11) is -3.57. The molecule has 2 aromatic heterocycles. The van der Waals surface area contributed by atoms with Crippen LogP contribution in [-0.4, -0.2) is 35.5 Å². The second-order valence-electron chi connectivity index (χ2n) is 4.69. The smallest absolute Gasteiger partial charge is 0.242 e. The number of rotatable bonds is 7. The lowest BCUT2D eigenvalue weighted by Crippen LogP contribution is -2.35. The van der Waals surface area contributed by atoms with Crippen molar-refractivity contribution in [1.29, 1.82) is 0 Å². The van der Waals surface area contributed by atoms with Gasteiger partial charge in [0.15, 0.2) is 0 Å². The molecule has 2 N–H and O–H groups in total. The van der Waals surface area contributed by atoms with E-state index in [4.69, 9.17) is 0 Å². The molecular weight excluding hydrogens is 290 g/mol.